The summed E-state index contributed by atoms with van der Waals surface area (Å²) >= 11 is 0. The average Bonchev–Trinajstić information content (AvgIpc) is 2.03. The maximum absolute atomic E-state index is 10.4. The lowest BCUT2D eigenvalue weighted by molar-refractivity contribution is -0.132. The summed E-state index contributed by atoms with van der Waals surface area (Å²) in [5.41, 5.74) is -0.306. The molecule has 0 amide bonds. The zero-order chi connectivity index (χ0) is 9.56. The van der Waals surface area contributed by atoms with E-state index in [9.17, 15) is 4.79 Å². The molecule has 0 aliphatic rings. The SMILES string of the molecule is CCCC(OC)=C(C#N)C(=O)O. The van der Waals surface area contributed by atoms with Crippen LogP contribution in [0.1, 0.15) is 19.8 Å². The first-order valence-electron chi connectivity index (χ1n) is 3.57. The number of nitrogens with zero attached hydrogens (tertiary/aromatic N) is 1. The highest BCUT2D eigenvalue weighted by Crippen LogP contribution is 2.11. The third-order valence-corrected chi connectivity index (χ3v) is 1.33. The molecule has 66 valence electrons. The van der Waals surface area contributed by atoms with Gasteiger partial charge < -0.3 is 9.84 Å². The van der Waals surface area contributed by atoms with E-state index in [1.807, 2.05) is 6.92 Å². The smallest absolute Gasteiger partial charge is 0.349 e. The monoisotopic (exact) mass is 169 g/mol. The first-order chi connectivity index (χ1) is 5.67. The molecule has 0 bridgehead atoms. The van der Waals surface area contributed by atoms with Gasteiger partial charge in [-0.25, -0.2) is 4.79 Å². The van der Waals surface area contributed by atoms with Gasteiger partial charge in [-0.15, -0.1) is 0 Å². The molecule has 0 fully saturated rings. The highest BCUT2D eigenvalue weighted by molar-refractivity contribution is 5.91. The molecule has 0 unspecified atom stereocenters. The largest absolute Gasteiger partial charge is 0.499 e. The summed E-state index contributed by atoms with van der Waals surface area (Å²) in [6, 6.07) is 1.59. The van der Waals surface area contributed by atoms with Gasteiger partial charge in [0.25, 0.3) is 0 Å². The molecule has 0 aromatic rings. The van der Waals surface area contributed by atoms with Gasteiger partial charge in [0.2, 0.25) is 0 Å². The van der Waals surface area contributed by atoms with Gasteiger partial charge in [0.1, 0.15) is 11.8 Å². The number of aliphatic carboxylic acids is 1. The van der Waals surface area contributed by atoms with Gasteiger partial charge >= 0.3 is 5.97 Å². The molecular weight excluding hydrogens is 158 g/mol. The Morgan fingerprint density at radius 3 is 2.50 bits per heavy atom. The fourth-order valence-corrected chi connectivity index (χ4v) is 0.786. The third kappa shape index (κ3) is 2.62. The van der Waals surface area contributed by atoms with E-state index in [1.165, 1.54) is 7.11 Å². The van der Waals surface area contributed by atoms with Crippen molar-refractivity contribution in [2.45, 2.75) is 19.8 Å². The number of carboxylic acid groups (broad SMARTS) is 1. The van der Waals surface area contributed by atoms with Crippen LogP contribution >= 0.6 is 0 Å². The minimum Gasteiger partial charge on any atom is -0.499 e. The Bertz CT molecular complexity index is 237. The molecule has 0 aromatic carbocycles. The first kappa shape index (κ1) is 10.5. The lowest BCUT2D eigenvalue weighted by Crippen LogP contribution is -2.04. The predicted octanol–water partition coefficient (Wildman–Crippen LogP) is 1.30. The van der Waals surface area contributed by atoms with Gasteiger partial charge in [0.05, 0.1) is 7.11 Å². The summed E-state index contributed by atoms with van der Waals surface area (Å²) in [7, 11) is 1.37. The standard InChI is InChI=1S/C8H11NO3/c1-3-4-7(12-2)6(5-9)8(10)11/h3-4H2,1-2H3,(H,10,11). The molecule has 0 rings (SSSR count). The molecule has 0 heterocycles. The number of carboxylic acids is 1. The van der Waals surface area contributed by atoms with Gasteiger partial charge in [-0.3, -0.25) is 0 Å². The fourth-order valence-electron chi connectivity index (χ4n) is 0.786. The second-order valence-electron chi connectivity index (χ2n) is 2.17. The summed E-state index contributed by atoms with van der Waals surface area (Å²) in [5.74, 6) is -0.990. The van der Waals surface area contributed by atoms with Crippen molar-refractivity contribution in [3.05, 3.63) is 11.3 Å². The van der Waals surface area contributed by atoms with E-state index in [-0.39, 0.29) is 11.3 Å². The second-order valence-corrected chi connectivity index (χ2v) is 2.17. The number of ether oxygens (including phenoxy) is 1. The Balaban J connectivity index is 4.77. The van der Waals surface area contributed by atoms with Crippen molar-refractivity contribution in [2.75, 3.05) is 7.11 Å². The summed E-state index contributed by atoms with van der Waals surface area (Å²) in [6.07, 6.45) is 1.23. The normalized spacial score (nSPS) is 11.4. The number of hydrogen-bond donors (Lipinski definition) is 1. The first-order valence-corrected chi connectivity index (χ1v) is 3.57. The van der Waals surface area contributed by atoms with Gasteiger partial charge in [-0.1, -0.05) is 6.92 Å². The zero-order valence-electron chi connectivity index (χ0n) is 7.13. The molecule has 12 heavy (non-hydrogen) atoms. The van der Waals surface area contributed by atoms with Gasteiger partial charge in [0.15, 0.2) is 5.57 Å². The van der Waals surface area contributed by atoms with Crippen molar-refractivity contribution in [3.63, 3.8) is 0 Å². The minimum atomic E-state index is -1.23. The van der Waals surface area contributed by atoms with Crippen molar-refractivity contribution < 1.29 is 14.6 Å². The second kappa shape index (κ2) is 5.19. The van der Waals surface area contributed by atoms with Crippen LogP contribution in [0.2, 0.25) is 0 Å². The van der Waals surface area contributed by atoms with Crippen LogP contribution in [0.3, 0.4) is 0 Å². The van der Waals surface area contributed by atoms with E-state index >= 15 is 0 Å². The lowest BCUT2D eigenvalue weighted by Gasteiger charge is -2.04. The van der Waals surface area contributed by atoms with E-state index in [1.54, 1.807) is 6.07 Å². The Kier molecular flexibility index (Phi) is 4.54. The highest BCUT2D eigenvalue weighted by Gasteiger charge is 2.13. The number of methoxy groups -OCH3 is 1. The van der Waals surface area contributed by atoms with Crippen LogP contribution in [0, 0.1) is 11.3 Å². The summed E-state index contributed by atoms with van der Waals surface area (Å²) in [6.45, 7) is 1.88. The molecule has 4 nitrogen and oxygen atoms in total. The highest BCUT2D eigenvalue weighted by atomic mass is 16.5. The maximum Gasteiger partial charge on any atom is 0.349 e. The van der Waals surface area contributed by atoms with Gasteiger partial charge in [0, 0.05) is 6.42 Å². The Morgan fingerprint density at radius 2 is 2.25 bits per heavy atom. The van der Waals surface area contributed by atoms with Crippen molar-refractivity contribution in [3.8, 4) is 6.07 Å². The molecule has 0 radical (unpaired) electrons. The predicted molar refractivity (Wildman–Crippen MR) is 42.2 cm³/mol. The number of nitriles is 1. The van der Waals surface area contributed by atoms with E-state index in [2.05, 4.69) is 0 Å². The van der Waals surface area contributed by atoms with Crippen LogP contribution in [0.15, 0.2) is 11.3 Å². The maximum atomic E-state index is 10.4. The Labute approximate surface area is 71.1 Å². The molecule has 0 saturated heterocycles. The molecular formula is C8H11NO3. The molecule has 0 spiro atoms. The van der Waals surface area contributed by atoms with Crippen molar-refractivity contribution >= 4 is 5.97 Å². The third-order valence-electron chi connectivity index (χ3n) is 1.33. The number of rotatable bonds is 4. The molecule has 1 N–H and O–H groups in total. The van der Waals surface area contributed by atoms with Gasteiger partial charge in [-0.05, 0) is 6.42 Å². The van der Waals surface area contributed by atoms with E-state index < -0.39 is 5.97 Å². The van der Waals surface area contributed by atoms with Crippen molar-refractivity contribution in [2.24, 2.45) is 0 Å². The summed E-state index contributed by atoms with van der Waals surface area (Å²) in [5, 5.41) is 17.0. The molecule has 4 heteroatoms. The van der Waals surface area contributed by atoms with Crippen LogP contribution in [0.4, 0.5) is 0 Å². The summed E-state index contributed by atoms with van der Waals surface area (Å²) in [4.78, 5) is 10.4. The van der Waals surface area contributed by atoms with Crippen LogP contribution in [0.25, 0.3) is 0 Å². The van der Waals surface area contributed by atoms with Crippen LogP contribution in [-0.2, 0) is 9.53 Å². The summed E-state index contributed by atoms with van der Waals surface area (Å²) < 4.78 is 4.78. The van der Waals surface area contributed by atoms with Crippen molar-refractivity contribution in [1.29, 1.82) is 5.26 Å². The van der Waals surface area contributed by atoms with Gasteiger partial charge in [-0.2, -0.15) is 5.26 Å². The van der Waals surface area contributed by atoms with Crippen LogP contribution < -0.4 is 0 Å². The fraction of sp³-hybridized carbons (Fsp3) is 0.500. The van der Waals surface area contributed by atoms with Crippen LogP contribution in [-0.4, -0.2) is 18.2 Å². The van der Waals surface area contributed by atoms with E-state index in [0.717, 1.165) is 6.42 Å². The average molecular weight is 169 g/mol. The number of carbonyl (C=O) groups is 1. The number of hydrogen-bond acceptors (Lipinski definition) is 3. The van der Waals surface area contributed by atoms with Crippen molar-refractivity contribution in [1.82, 2.24) is 0 Å². The molecule has 0 aliphatic heterocycles. The molecule has 0 aliphatic carbocycles. The zero-order valence-corrected chi connectivity index (χ0v) is 7.13. The molecule has 0 atom stereocenters. The van der Waals surface area contributed by atoms with Crippen LogP contribution in [0.5, 0.6) is 0 Å². The lowest BCUT2D eigenvalue weighted by atomic mass is 10.2. The quantitative estimate of drug-likeness (QED) is 0.391. The molecule has 0 aromatic heterocycles. The topological polar surface area (TPSA) is 70.3 Å². The number of allylic oxidation sites excluding steroid dienone is 1. The minimum absolute atomic E-state index is 0.243. The van der Waals surface area contributed by atoms with E-state index in [0.29, 0.717) is 6.42 Å². The van der Waals surface area contributed by atoms with E-state index in [4.69, 9.17) is 15.1 Å². The Morgan fingerprint density at radius 1 is 1.67 bits per heavy atom. The Hall–Kier alpha value is -1.50. The molecule has 0 saturated carbocycles.